The monoisotopic (exact) mass is 267 g/mol. The molecule has 0 aromatic rings. The van der Waals surface area contributed by atoms with Gasteiger partial charge >= 0.3 is 6.09 Å². The summed E-state index contributed by atoms with van der Waals surface area (Å²) in [6, 6.07) is 0. The Labute approximate surface area is 113 Å². The number of hydrogen-bond donors (Lipinski definition) is 0. The molecule has 1 aliphatic heterocycles. The van der Waals surface area contributed by atoms with Crippen LogP contribution < -0.4 is 0 Å². The highest BCUT2D eigenvalue weighted by molar-refractivity contribution is 6.06. The topological polar surface area (TPSA) is 63.7 Å². The van der Waals surface area contributed by atoms with Crippen LogP contribution in [0.25, 0.3) is 0 Å². The SMILES string of the molecule is CC(C)(C)OC(=O)N1CCC(C(=O)C2CC2)C(=O)C1. The van der Waals surface area contributed by atoms with E-state index in [1.807, 2.05) is 0 Å². The van der Waals surface area contributed by atoms with Gasteiger partial charge in [0.1, 0.15) is 11.4 Å². The van der Waals surface area contributed by atoms with Crippen molar-refractivity contribution < 1.29 is 19.1 Å². The predicted octanol–water partition coefficient (Wildman–Crippen LogP) is 1.79. The number of nitrogens with zero attached hydrogens (tertiary/aromatic N) is 1. The van der Waals surface area contributed by atoms with Crippen molar-refractivity contribution in [1.82, 2.24) is 4.90 Å². The second-order valence-corrected chi connectivity index (χ2v) is 6.39. The lowest BCUT2D eigenvalue weighted by Gasteiger charge is -2.32. The molecule has 5 nitrogen and oxygen atoms in total. The largest absolute Gasteiger partial charge is 0.444 e. The molecule has 19 heavy (non-hydrogen) atoms. The molecule has 1 saturated carbocycles. The Morgan fingerprint density at radius 3 is 2.32 bits per heavy atom. The number of likely N-dealkylation sites (tertiary alicyclic amines) is 1. The van der Waals surface area contributed by atoms with Gasteiger partial charge in [0.15, 0.2) is 5.78 Å². The van der Waals surface area contributed by atoms with E-state index in [4.69, 9.17) is 4.74 Å². The Kier molecular flexibility index (Phi) is 3.65. The molecule has 1 amide bonds. The summed E-state index contributed by atoms with van der Waals surface area (Å²) in [6.07, 6.45) is 1.79. The van der Waals surface area contributed by atoms with Gasteiger partial charge in [0, 0.05) is 12.5 Å². The molecule has 0 spiro atoms. The molecule has 1 saturated heterocycles. The highest BCUT2D eigenvalue weighted by atomic mass is 16.6. The number of ether oxygens (including phenoxy) is 1. The molecular formula is C14H21NO4. The van der Waals surface area contributed by atoms with Gasteiger partial charge in [-0.1, -0.05) is 0 Å². The first kappa shape index (κ1) is 14.0. The minimum Gasteiger partial charge on any atom is -0.444 e. The Balaban J connectivity index is 1.90. The van der Waals surface area contributed by atoms with E-state index in [2.05, 4.69) is 0 Å². The third-order valence-corrected chi connectivity index (χ3v) is 3.40. The fourth-order valence-electron chi connectivity index (χ4n) is 2.26. The third kappa shape index (κ3) is 3.55. The molecule has 1 heterocycles. The highest BCUT2D eigenvalue weighted by Gasteiger charge is 2.41. The van der Waals surface area contributed by atoms with Gasteiger partial charge in [-0.15, -0.1) is 0 Å². The standard InChI is InChI=1S/C14H21NO4/c1-14(2,3)19-13(18)15-7-6-10(11(16)8-15)12(17)9-4-5-9/h9-10H,4-8H2,1-3H3. The van der Waals surface area contributed by atoms with E-state index in [1.165, 1.54) is 4.90 Å². The molecule has 1 atom stereocenters. The second-order valence-electron chi connectivity index (χ2n) is 6.39. The van der Waals surface area contributed by atoms with E-state index in [0.29, 0.717) is 13.0 Å². The average molecular weight is 267 g/mol. The third-order valence-electron chi connectivity index (χ3n) is 3.40. The number of hydrogen-bond acceptors (Lipinski definition) is 4. The lowest BCUT2D eigenvalue weighted by molar-refractivity contribution is -0.136. The fraction of sp³-hybridized carbons (Fsp3) is 0.786. The van der Waals surface area contributed by atoms with Gasteiger partial charge in [0.2, 0.25) is 0 Å². The maximum atomic E-state index is 12.0. The number of amides is 1. The first-order chi connectivity index (χ1) is 8.78. The van der Waals surface area contributed by atoms with E-state index >= 15 is 0 Å². The molecule has 2 aliphatic rings. The van der Waals surface area contributed by atoms with Crippen LogP contribution in [0.15, 0.2) is 0 Å². The highest BCUT2D eigenvalue weighted by Crippen LogP contribution is 2.34. The van der Waals surface area contributed by atoms with Gasteiger partial charge < -0.3 is 9.64 Å². The predicted molar refractivity (Wildman–Crippen MR) is 68.7 cm³/mol. The van der Waals surface area contributed by atoms with Crippen LogP contribution in [-0.2, 0) is 14.3 Å². The van der Waals surface area contributed by atoms with Gasteiger partial charge in [-0.05, 0) is 40.0 Å². The van der Waals surface area contributed by atoms with Gasteiger partial charge in [-0.2, -0.15) is 0 Å². The number of carbonyl (C=O) groups is 3. The fourth-order valence-corrected chi connectivity index (χ4v) is 2.26. The quantitative estimate of drug-likeness (QED) is 0.716. The van der Waals surface area contributed by atoms with Crippen molar-refractivity contribution in [2.45, 2.75) is 45.6 Å². The van der Waals surface area contributed by atoms with Gasteiger partial charge in [-0.25, -0.2) is 4.79 Å². The summed E-state index contributed by atoms with van der Waals surface area (Å²) in [6.45, 7) is 5.78. The Bertz CT molecular complexity index is 406. The number of piperidine rings is 1. The molecule has 0 aromatic carbocycles. The molecule has 0 radical (unpaired) electrons. The van der Waals surface area contributed by atoms with Gasteiger partial charge in [-0.3, -0.25) is 9.59 Å². The van der Waals surface area contributed by atoms with Gasteiger partial charge in [0.05, 0.1) is 12.5 Å². The Morgan fingerprint density at radius 1 is 1.21 bits per heavy atom. The number of ketones is 2. The van der Waals surface area contributed by atoms with Crippen molar-refractivity contribution in [2.24, 2.45) is 11.8 Å². The summed E-state index contributed by atoms with van der Waals surface area (Å²) in [7, 11) is 0. The van der Waals surface area contributed by atoms with Crippen molar-refractivity contribution in [3.8, 4) is 0 Å². The molecular weight excluding hydrogens is 246 g/mol. The van der Waals surface area contributed by atoms with E-state index in [-0.39, 0.29) is 24.0 Å². The van der Waals surface area contributed by atoms with E-state index < -0.39 is 17.6 Å². The number of carbonyl (C=O) groups excluding carboxylic acids is 3. The van der Waals surface area contributed by atoms with Crippen molar-refractivity contribution in [3.05, 3.63) is 0 Å². The van der Waals surface area contributed by atoms with Crippen molar-refractivity contribution in [3.63, 3.8) is 0 Å². The van der Waals surface area contributed by atoms with Crippen molar-refractivity contribution in [1.29, 1.82) is 0 Å². The molecule has 1 aliphatic carbocycles. The molecule has 2 rings (SSSR count). The first-order valence-corrected chi connectivity index (χ1v) is 6.82. The van der Waals surface area contributed by atoms with Crippen LogP contribution in [0.4, 0.5) is 4.79 Å². The van der Waals surface area contributed by atoms with Crippen molar-refractivity contribution >= 4 is 17.7 Å². The van der Waals surface area contributed by atoms with E-state index in [0.717, 1.165) is 12.8 Å². The molecule has 1 unspecified atom stereocenters. The maximum Gasteiger partial charge on any atom is 0.410 e. The summed E-state index contributed by atoms with van der Waals surface area (Å²) in [5.41, 5.74) is -0.569. The summed E-state index contributed by atoms with van der Waals surface area (Å²) in [4.78, 5) is 37.1. The molecule has 5 heteroatoms. The van der Waals surface area contributed by atoms with Crippen LogP contribution in [0.1, 0.15) is 40.0 Å². The summed E-state index contributed by atoms with van der Waals surface area (Å²) < 4.78 is 5.23. The number of rotatable bonds is 2. The van der Waals surface area contributed by atoms with Crippen LogP contribution in [0.2, 0.25) is 0 Å². The number of Topliss-reactive ketones (excluding diaryl/α,β-unsaturated/α-hetero) is 2. The normalized spacial score (nSPS) is 24.3. The molecule has 2 fully saturated rings. The molecule has 106 valence electrons. The minimum absolute atomic E-state index is 0.00194. The summed E-state index contributed by atoms with van der Waals surface area (Å²) >= 11 is 0. The maximum absolute atomic E-state index is 12.0. The molecule has 0 N–H and O–H groups in total. The summed E-state index contributed by atoms with van der Waals surface area (Å²) in [5, 5.41) is 0. The van der Waals surface area contributed by atoms with Crippen LogP contribution in [0.5, 0.6) is 0 Å². The van der Waals surface area contributed by atoms with Crippen molar-refractivity contribution in [2.75, 3.05) is 13.1 Å². The Morgan fingerprint density at radius 2 is 1.84 bits per heavy atom. The smallest absolute Gasteiger partial charge is 0.410 e. The van der Waals surface area contributed by atoms with Crippen LogP contribution in [0, 0.1) is 11.8 Å². The Hall–Kier alpha value is -1.39. The van der Waals surface area contributed by atoms with Crippen LogP contribution in [-0.4, -0.2) is 41.3 Å². The van der Waals surface area contributed by atoms with Crippen LogP contribution in [0.3, 0.4) is 0 Å². The molecule has 0 aromatic heterocycles. The zero-order valence-corrected chi connectivity index (χ0v) is 11.8. The summed E-state index contributed by atoms with van der Waals surface area (Å²) in [5.74, 6) is -0.462. The van der Waals surface area contributed by atoms with E-state index in [1.54, 1.807) is 20.8 Å². The molecule has 0 bridgehead atoms. The zero-order valence-electron chi connectivity index (χ0n) is 11.8. The minimum atomic E-state index is -0.569. The second kappa shape index (κ2) is 4.94. The first-order valence-electron chi connectivity index (χ1n) is 6.82. The average Bonchev–Trinajstić information content (AvgIpc) is 3.09. The lowest BCUT2D eigenvalue weighted by atomic mass is 9.89. The van der Waals surface area contributed by atoms with E-state index in [9.17, 15) is 14.4 Å². The lowest BCUT2D eigenvalue weighted by Crippen LogP contribution is -2.48. The van der Waals surface area contributed by atoms with Crippen LogP contribution >= 0.6 is 0 Å². The van der Waals surface area contributed by atoms with Gasteiger partial charge in [0.25, 0.3) is 0 Å². The zero-order chi connectivity index (χ0) is 14.2.